The second-order valence-corrected chi connectivity index (χ2v) is 7.56. The van der Waals surface area contributed by atoms with Crippen molar-refractivity contribution < 1.29 is 21.2 Å². The maximum atomic E-state index is 11.3. The van der Waals surface area contributed by atoms with Crippen LogP contribution >= 0.6 is 0 Å². The Hall–Kier alpha value is -4.54. The first-order valence-corrected chi connectivity index (χ1v) is 10.7. The van der Waals surface area contributed by atoms with Crippen molar-refractivity contribution in [2.45, 2.75) is 13.8 Å². The third-order valence-electron chi connectivity index (χ3n) is 5.49. The van der Waals surface area contributed by atoms with E-state index in [1.165, 1.54) is 12.1 Å². The van der Waals surface area contributed by atoms with Crippen molar-refractivity contribution in [3.8, 4) is 22.9 Å². The van der Waals surface area contributed by atoms with Gasteiger partial charge >= 0.3 is 0 Å². The van der Waals surface area contributed by atoms with Crippen molar-refractivity contribution in [2.75, 3.05) is 24.7 Å². The zero-order valence-corrected chi connectivity index (χ0v) is 20.5. The molecule has 192 valence electrons. The number of anilines is 2. The molecule has 8 N–H and O–H groups in total. The lowest BCUT2D eigenvalue weighted by molar-refractivity contribution is 0.459. The minimum atomic E-state index is -0.356. The molecule has 0 radical (unpaired) electrons. The van der Waals surface area contributed by atoms with Gasteiger partial charge in [0.1, 0.15) is 0 Å². The second kappa shape index (κ2) is 12.8. The average molecular weight is 497 g/mol. The molecule has 0 amide bonds. The highest BCUT2D eigenvalue weighted by Crippen LogP contribution is 2.19. The van der Waals surface area contributed by atoms with E-state index < -0.39 is 0 Å². The number of rotatable bonds is 4. The van der Waals surface area contributed by atoms with Gasteiger partial charge in [0.15, 0.2) is 11.5 Å². The summed E-state index contributed by atoms with van der Waals surface area (Å²) in [6, 6.07) is 18.1. The van der Waals surface area contributed by atoms with Crippen molar-refractivity contribution in [3.63, 3.8) is 0 Å². The molecule has 2 heterocycles. The Morgan fingerprint density at radius 3 is 1.17 bits per heavy atom. The molecule has 0 saturated carbocycles. The van der Waals surface area contributed by atoms with Crippen LogP contribution in [0.5, 0.6) is 11.5 Å². The molecular formula is C26H32N4O6. The molecule has 10 heteroatoms. The van der Waals surface area contributed by atoms with Crippen LogP contribution in [0.3, 0.4) is 0 Å². The minimum Gasteiger partial charge on any atom is -0.503 e. The van der Waals surface area contributed by atoms with Gasteiger partial charge in [-0.2, -0.15) is 0 Å². The van der Waals surface area contributed by atoms with Gasteiger partial charge in [0.2, 0.25) is 10.9 Å². The topological polar surface area (TPSA) is 172 Å². The number of hydrogen-bond acceptors (Lipinski definition) is 6. The Kier molecular flexibility index (Phi) is 10.5. The molecule has 2 aromatic heterocycles. The van der Waals surface area contributed by atoms with E-state index in [0.29, 0.717) is 11.4 Å². The van der Waals surface area contributed by atoms with E-state index in [1.807, 2.05) is 62.6 Å². The highest BCUT2D eigenvalue weighted by molar-refractivity contribution is 5.50. The molecule has 0 aliphatic carbocycles. The van der Waals surface area contributed by atoms with Crippen molar-refractivity contribution in [1.29, 1.82) is 0 Å². The summed E-state index contributed by atoms with van der Waals surface area (Å²) in [5.41, 5.74) is 4.18. The number of benzene rings is 2. The van der Waals surface area contributed by atoms with Crippen molar-refractivity contribution in [2.24, 2.45) is 0 Å². The predicted molar refractivity (Wildman–Crippen MR) is 143 cm³/mol. The van der Waals surface area contributed by atoms with Crippen LogP contribution in [0.1, 0.15) is 11.4 Å². The summed E-state index contributed by atoms with van der Waals surface area (Å²) < 4.78 is 3.55. The van der Waals surface area contributed by atoms with Gasteiger partial charge in [-0.3, -0.25) is 9.59 Å². The molecule has 10 nitrogen and oxygen atoms in total. The van der Waals surface area contributed by atoms with Gasteiger partial charge in [-0.1, -0.05) is 0 Å². The van der Waals surface area contributed by atoms with Crippen LogP contribution < -0.4 is 21.5 Å². The Bertz CT molecular complexity index is 1290. The number of aromatic hydroxyl groups is 2. The third-order valence-corrected chi connectivity index (χ3v) is 5.49. The minimum absolute atomic E-state index is 0. The van der Waals surface area contributed by atoms with Gasteiger partial charge < -0.3 is 40.9 Å². The van der Waals surface area contributed by atoms with Gasteiger partial charge in [0.25, 0.3) is 0 Å². The predicted octanol–water partition coefficient (Wildman–Crippen LogP) is 2.14. The largest absolute Gasteiger partial charge is 0.503 e. The van der Waals surface area contributed by atoms with E-state index in [1.54, 1.807) is 35.4 Å². The zero-order valence-electron chi connectivity index (χ0n) is 20.5. The molecule has 0 saturated heterocycles. The maximum absolute atomic E-state index is 11.3. The molecule has 0 bridgehead atoms. The van der Waals surface area contributed by atoms with Crippen LogP contribution in [0.25, 0.3) is 11.4 Å². The van der Waals surface area contributed by atoms with Crippen molar-refractivity contribution in [3.05, 3.63) is 105 Å². The van der Waals surface area contributed by atoms with Crippen LogP contribution in [0.4, 0.5) is 11.4 Å². The lowest BCUT2D eigenvalue weighted by Gasteiger charge is -2.12. The number of pyridine rings is 2. The van der Waals surface area contributed by atoms with E-state index >= 15 is 0 Å². The fourth-order valence-corrected chi connectivity index (χ4v) is 3.39. The number of aromatic nitrogens is 2. The zero-order chi connectivity index (χ0) is 24.8. The molecule has 4 aromatic rings. The Labute approximate surface area is 208 Å². The lowest BCUT2D eigenvalue weighted by Crippen LogP contribution is -2.08. The second-order valence-electron chi connectivity index (χ2n) is 7.56. The normalized spacial score (nSPS) is 9.67. The molecule has 4 rings (SSSR count). The smallest absolute Gasteiger partial charge is 0.223 e. The van der Waals surface area contributed by atoms with E-state index in [9.17, 15) is 19.8 Å². The molecule has 0 fully saturated rings. The van der Waals surface area contributed by atoms with Crippen LogP contribution in [0.2, 0.25) is 0 Å². The molecule has 0 aliphatic rings. The average Bonchev–Trinajstić information content (AvgIpc) is 2.87. The van der Waals surface area contributed by atoms with Crippen molar-refractivity contribution >= 4 is 11.4 Å². The molecule has 0 atom stereocenters. The summed E-state index contributed by atoms with van der Waals surface area (Å²) >= 11 is 0. The molecular weight excluding hydrogens is 464 g/mol. The first kappa shape index (κ1) is 29.5. The van der Waals surface area contributed by atoms with E-state index in [0.717, 1.165) is 22.7 Å². The van der Waals surface area contributed by atoms with E-state index in [4.69, 9.17) is 0 Å². The van der Waals surface area contributed by atoms with Crippen LogP contribution in [0.15, 0.2) is 82.6 Å². The first-order valence-electron chi connectivity index (χ1n) is 10.7. The summed E-state index contributed by atoms with van der Waals surface area (Å²) in [7, 11) is 3.71. The quantitative estimate of drug-likeness (QED) is 0.337. The van der Waals surface area contributed by atoms with E-state index in [2.05, 4.69) is 10.6 Å². The fourth-order valence-electron chi connectivity index (χ4n) is 3.39. The summed E-state index contributed by atoms with van der Waals surface area (Å²) in [6.07, 6.45) is 3.32. The lowest BCUT2D eigenvalue weighted by atomic mass is 10.2. The Morgan fingerprint density at radius 2 is 0.889 bits per heavy atom. The van der Waals surface area contributed by atoms with Gasteiger partial charge in [0, 0.05) is 61.4 Å². The molecule has 2 aromatic carbocycles. The van der Waals surface area contributed by atoms with E-state index in [-0.39, 0.29) is 33.3 Å². The van der Waals surface area contributed by atoms with Crippen molar-refractivity contribution in [1.82, 2.24) is 9.13 Å². The third kappa shape index (κ3) is 6.32. The standard InChI is InChI=1S/2C13H14N2O2.2H2O/c2*1-9-13(17)12(16)7-8-15(9)11-5-3-10(14-2)4-6-11;;/h2*3-8,14,17H,1-2H3;2*1H2. The summed E-state index contributed by atoms with van der Waals surface area (Å²) in [5.74, 6) is -0.407. The van der Waals surface area contributed by atoms with Gasteiger partial charge in [-0.15, -0.1) is 0 Å². The van der Waals surface area contributed by atoms with Gasteiger partial charge in [-0.05, 0) is 62.4 Å². The molecule has 0 aliphatic heterocycles. The summed E-state index contributed by atoms with van der Waals surface area (Å²) in [5, 5.41) is 25.3. The van der Waals surface area contributed by atoms with Crippen LogP contribution in [-0.4, -0.2) is 44.4 Å². The SMILES string of the molecule is CNc1ccc(-n2ccc(=O)c(O)c2C)cc1.CNc1ccc(-n2ccc(=O)c(O)c2C)cc1.O.O. The molecule has 0 spiro atoms. The highest BCUT2D eigenvalue weighted by Gasteiger charge is 2.07. The monoisotopic (exact) mass is 496 g/mol. The number of nitrogens with zero attached hydrogens (tertiary/aromatic N) is 2. The summed E-state index contributed by atoms with van der Waals surface area (Å²) in [4.78, 5) is 22.5. The van der Waals surface area contributed by atoms with Crippen LogP contribution in [-0.2, 0) is 0 Å². The number of nitrogens with one attached hydrogen (secondary N) is 2. The van der Waals surface area contributed by atoms with Gasteiger partial charge in [0.05, 0.1) is 11.4 Å². The fraction of sp³-hybridized carbons (Fsp3) is 0.154. The Balaban J connectivity index is 0.000000341. The Morgan fingerprint density at radius 1 is 0.583 bits per heavy atom. The van der Waals surface area contributed by atoms with Crippen LogP contribution in [0, 0.1) is 13.8 Å². The maximum Gasteiger partial charge on any atom is 0.223 e. The first-order chi connectivity index (χ1) is 16.3. The highest BCUT2D eigenvalue weighted by atomic mass is 16.3. The molecule has 36 heavy (non-hydrogen) atoms. The van der Waals surface area contributed by atoms with Gasteiger partial charge in [-0.25, -0.2) is 0 Å². The summed E-state index contributed by atoms with van der Waals surface area (Å²) in [6.45, 7) is 3.42. The molecule has 0 unspecified atom stereocenters. The number of hydrogen-bond donors (Lipinski definition) is 4.